The fourth-order valence-corrected chi connectivity index (χ4v) is 4.28. The van der Waals surface area contributed by atoms with Crippen molar-refractivity contribution in [2.45, 2.75) is 65.5 Å². The minimum Gasteiger partial charge on any atom is -0.393 e. The fraction of sp³-hybridized carbons (Fsp3) is 1.00. The topological polar surface area (TPSA) is 35.5 Å². The Bertz CT molecular complexity index is 307. The smallest absolute Gasteiger partial charge is 0.0583 e. The molecule has 0 amide bonds. The van der Waals surface area contributed by atoms with Gasteiger partial charge in [0.1, 0.15) is 0 Å². The summed E-state index contributed by atoms with van der Waals surface area (Å²) in [6.45, 7) is 13.8. The Morgan fingerprint density at radius 1 is 1.30 bits per heavy atom. The monoisotopic (exact) mass is 282 g/mol. The number of hydrogen-bond acceptors (Lipinski definition) is 3. The first kappa shape index (κ1) is 16.3. The van der Waals surface area contributed by atoms with Crippen molar-refractivity contribution in [2.24, 2.45) is 17.3 Å². The zero-order valence-electron chi connectivity index (χ0n) is 13.9. The molecule has 4 unspecified atom stereocenters. The molecule has 0 aromatic heterocycles. The average molecular weight is 282 g/mol. The molecule has 1 aliphatic heterocycles. The van der Waals surface area contributed by atoms with E-state index in [1.807, 2.05) is 0 Å². The molecule has 2 N–H and O–H groups in total. The summed E-state index contributed by atoms with van der Waals surface area (Å²) in [4.78, 5) is 2.62. The minimum atomic E-state index is -0.0313. The SMILES string of the molecule is CCCC(C)(CNC(C)C)CN1CC2CCC(O)C2C1. The van der Waals surface area contributed by atoms with Gasteiger partial charge >= 0.3 is 0 Å². The van der Waals surface area contributed by atoms with Gasteiger partial charge in [-0.15, -0.1) is 0 Å². The summed E-state index contributed by atoms with van der Waals surface area (Å²) < 4.78 is 0. The van der Waals surface area contributed by atoms with E-state index in [4.69, 9.17) is 0 Å². The first-order valence-electron chi connectivity index (χ1n) is 8.57. The van der Waals surface area contributed by atoms with Gasteiger partial charge in [-0.1, -0.05) is 34.1 Å². The lowest BCUT2D eigenvalue weighted by Crippen LogP contribution is -2.43. The highest BCUT2D eigenvalue weighted by Gasteiger charge is 2.43. The van der Waals surface area contributed by atoms with E-state index >= 15 is 0 Å². The van der Waals surface area contributed by atoms with Crippen molar-refractivity contribution in [1.29, 1.82) is 0 Å². The molecule has 1 saturated heterocycles. The molecule has 1 aliphatic carbocycles. The van der Waals surface area contributed by atoms with Crippen LogP contribution in [0.3, 0.4) is 0 Å². The third-order valence-electron chi connectivity index (χ3n) is 5.29. The van der Waals surface area contributed by atoms with Crippen LogP contribution in [0.5, 0.6) is 0 Å². The summed E-state index contributed by atoms with van der Waals surface area (Å²) in [5.41, 5.74) is 0.364. The molecule has 0 aromatic rings. The van der Waals surface area contributed by atoms with Gasteiger partial charge in [0.25, 0.3) is 0 Å². The number of likely N-dealkylation sites (tertiary alicyclic amines) is 1. The number of aliphatic hydroxyl groups is 1. The molecule has 0 aromatic carbocycles. The molecule has 4 atom stereocenters. The van der Waals surface area contributed by atoms with Crippen LogP contribution in [0.1, 0.15) is 53.4 Å². The van der Waals surface area contributed by atoms with Gasteiger partial charge in [-0.2, -0.15) is 0 Å². The third kappa shape index (κ3) is 3.96. The predicted molar refractivity (Wildman–Crippen MR) is 84.8 cm³/mol. The van der Waals surface area contributed by atoms with Gasteiger partial charge in [-0.05, 0) is 30.6 Å². The standard InChI is InChI=1S/C17H34N2O/c1-5-8-17(4,11-18-13(2)3)12-19-9-14-6-7-16(20)15(14)10-19/h13-16,18,20H,5-12H2,1-4H3. The van der Waals surface area contributed by atoms with Gasteiger partial charge in [0.05, 0.1) is 6.10 Å². The Labute approximate surface area is 125 Å². The molecule has 3 nitrogen and oxygen atoms in total. The second kappa shape index (κ2) is 6.76. The van der Waals surface area contributed by atoms with Crippen molar-refractivity contribution in [2.75, 3.05) is 26.2 Å². The average Bonchev–Trinajstić information content (AvgIpc) is 2.90. The van der Waals surface area contributed by atoms with Crippen LogP contribution in [-0.4, -0.2) is 48.3 Å². The molecule has 20 heavy (non-hydrogen) atoms. The summed E-state index contributed by atoms with van der Waals surface area (Å²) in [6.07, 6.45) is 4.76. The number of hydrogen-bond donors (Lipinski definition) is 2. The Hall–Kier alpha value is -0.120. The van der Waals surface area contributed by atoms with Gasteiger partial charge in [0.15, 0.2) is 0 Å². The molecule has 2 fully saturated rings. The number of nitrogens with one attached hydrogen (secondary N) is 1. The summed E-state index contributed by atoms with van der Waals surface area (Å²) in [6, 6.07) is 0.561. The largest absolute Gasteiger partial charge is 0.393 e. The highest BCUT2D eigenvalue weighted by atomic mass is 16.3. The van der Waals surface area contributed by atoms with Gasteiger partial charge in [-0.25, -0.2) is 0 Å². The Kier molecular flexibility index (Phi) is 5.49. The van der Waals surface area contributed by atoms with E-state index in [0.717, 1.165) is 25.4 Å². The lowest BCUT2D eigenvalue weighted by molar-refractivity contribution is 0.112. The maximum Gasteiger partial charge on any atom is 0.0583 e. The van der Waals surface area contributed by atoms with E-state index in [1.165, 1.54) is 32.4 Å². The fourth-order valence-electron chi connectivity index (χ4n) is 4.28. The second-order valence-electron chi connectivity index (χ2n) is 7.86. The highest BCUT2D eigenvalue weighted by molar-refractivity contribution is 4.95. The van der Waals surface area contributed by atoms with E-state index in [9.17, 15) is 5.11 Å². The zero-order valence-corrected chi connectivity index (χ0v) is 13.9. The van der Waals surface area contributed by atoms with E-state index in [1.54, 1.807) is 0 Å². The van der Waals surface area contributed by atoms with Crippen molar-refractivity contribution >= 4 is 0 Å². The van der Waals surface area contributed by atoms with Crippen LogP contribution in [0.15, 0.2) is 0 Å². The van der Waals surface area contributed by atoms with Gasteiger partial charge in [-0.3, -0.25) is 0 Å². The van der Waals surface area contributed by atoms with Crippen LogP contribution in [0.25, 0.3) is 0 Å². The van der Waals surface area contributed by atoms with Gasteiger partial charge in [0, 0.05) is 38.1 Å². The normalized spacial score (nSPS) is 33.6. The lowest BCUT2D eigenvalue weighted by atomic mass is 9.84. The highest BCUT2D eigenvalue weighted by Crippen LogP contribution is 2.39. The Morgan fingerprint density at radius 2 is 2.05 bits per heavy atom. The molecular weight excluding hydrogens is 248 g/mol. The van der Waals surface area contributed by atoms with Crippen molar-refractivity contribution in [3.05, 3.63) is 0 Å². The van der Waals surface area contributed by atoms with E-state index in [2.05, 4.69) is 37.9 Å². The number of rotatable bonds is 7. The van der Waals surface area contributed by atoms with Crippen molar-refractivity contribution in [1.82, 2.24) is 10.2 Å². The van der Waals surface area contributed by atoms with Crippen molar-refractivity contribution < 1.29 is 5.11 Å². The third-order valence-corrected chi connectivity index (χ3v) is 5.29. The molecular formula is C17H34N2O. The van der Waals surface area contributed by atoms with Crippen LogP contribution < -0.4 is 5.32 Å². The van der Waals surface area contributed by atoms with E-state index < -0.39 is 0 Å². The van der Waals surface area contributed by atoms with Crippen LogP contribution >= 0.6 is 0 Å². The molecule has 1 saturated carbocycles. The summed E-state index contributed by atoms with van der Waals surface area (Å²) in [5, 5.41) is 13.7. The molecule has 0 radical (unpaired) electrons. The van der Waals surface area contributed by atoms with Crippen LogP contribution in [0.4, 0.5) is 0 Å². The predicted octanol–water partition coefficient (Wildman–Crippen LogP) is 2.49. The maximum atomic E-state index is 10.1. The molecule has 118 valence electrons. The Balaban J connectivity index is 1.88. The minimum absolute atomic E-state index is 0.0313. The molecule has 2 rings (SSSR count). The van der Waals surface area contributed by atoms with Crippen molar-refractivity contribution in [3.63, 3.8) is 0 Å². The number of aliphatic hydroxyl groups excluding tert-OH is 1. The van der Waals surface area contributed by atoms with Crippen molar-refractivity contribution in [3.8, 4) is 0 Å². The zero-order chi connectivity index (χ0) is 14.8. The van der Waals surface area contributed by atoms with E-state index in [-0.39, 0.29) is 6.10 Å². The quantitative estimate of drug-likeness (QED) is 0.753. The molecule has 2 aliphatic rings. The van der Waals surface area contributed by atoms with Gasteiger partial charge in [0.2, 0.25) is 0 Å². The maximum absolute atomic E-state index is 10.1. The molecule has 0 bridgehead atoms. The molecule has 1 heterocycles. The summed E-state index contributed by atoms with van der Waals surface area (Å²) in [7, 11) is 0. The lowest BCUT2D eigenvalue weighted by Gasteiger charge is -2.35. The number of nitrogens with zero attached hydrogens (tertiary/aromatic N) is 1. The van der Waals surface area contributed by atoms with E-state index in [0.29, 0.717) is 17.4 Å². The Morgan fingerprint density at radius 3 is 2.65 bits per heavy atom. The molecule has 3 heteroatoms. The van der Waals surface area contributed by atoms with Crippen LogP contribution in [0, 0.1) is 17.3 Å². The molecule has 0 spiro atoms. The van der Waals surface area contributed by atoms with Crippen LogP contribution in [0.2, 0.25) is 0 Å². The number of fused-ring (bicyclic) bond motifs is 1. The second-order valence-corrected chi connectivity index (χ2v) is 7.86. The summed E-state index contributed by atoms with van der Waals surface area (Å²) in [5.74, 6) is 1.31. The first-order chi connectivity index (χ1) is 9.43. The van der Waals surface area contributed by atoms with Gasteiger partial charge < -0.3 is 15.3 Å². The van der Waals surface area contributed by atoms with Crippen LogP contribution in [-0.2, 0) is 0 Å². The first-order valence-corrected chi connectivity index (χ1v) is 8.57. The summed E-state index contributed by atoms with van der Waals surface area (Å²) >= 11 is 0.